The van der Waals surface area contributed by atoms with Crippen LogP contribution >= 0.6 is 11.6 Å². The Hall–Kier alpha value is -2.79. The average Bonchev–Trinajstić information content (AvgIpc) is 2.84. The number of primary amides is 1. The quantitative estimate of drug-likeness (QED) is 0.740. The van der Waals surface area contributed by atoms with E-state index in [0.717, 1.165) is 10.9 Å². The van der Waals surface area contributed by atoms with Crippen LogP contribution in [-0.2, 0) is 16.6 Å². The van der Waals surface area contributed by atoms with Crippen molar-refractivity contribution in [1.29, 1.82) is 0 Å². The highest BCUT2D eigenvalue weighted by atomic mass is 35.5. The van der Waals surface area contributed by atoms with E-state index in [0.29, 0.717) is 5.56 Å². The maximum Gasteiger partial charge on any atom is 0.357 e. The Morgan fingerprint density at radius 3 is 2.33 bits per heavy atom. The molecule has 0 radical (unpaired) electrons. The van der Waals surface area contributed by atoms with Crippen LogP contribution in [0, 0.1) is 0 Å². The van der Waals surface area contributed by atoms with Crippen molar-refractivity contribution in [2.75, 3.05) is 0 Å². The van der Waals surface area contributed by atoms with Gasteiger partial charge in [-0.1, -0.05) is 60.1 Å². The summed E-state index contributed by atoms with van der Waals surface area (Å²) in [5.74, 6) is -1.45. The highest BCUT2D eigenvalue weighted by Gasteiger charge is 2.27. The molecule has 2 aromatic carbocycles. The lowest BCUT2D eigenvalue weighted by atomic mass is 10.1. The first-order valence-corrected chi connectivity index (χ1v) is 7.66. The number of aromatic nitrogens is 1. The number of ether oxygens (including phenoxy) is 1. The maximum absolute atomic E-state index is 12.6. The molecule has 3 aromatic rings. The van der Waals surface area contributed by atoms with E-state index in [4.69, 9.17) is 22.1 Å². The fraction of sp³-hybridized carbons (Fsp3) is 0.111. The highest BCUT2D eigenvalue weighted by Crippen LogP contribution is 2.31. The molecule has 0 aliphatic heterocycles. The number of carbonyl (C=O) groups excluding carboxylic acids is 2. The molecule has 0 saturated carbocycles. The van der Waals surface area contributed by atoms with Crippen molar-refractivity contribution in [2.24, 2.45) is 12.8 Å². The molecule has 1 atom stereocenters. The summed E-state index contributed by atoms with van der Waals surface area (Å²) in [4.78, 5) is 24.3. The smallest absolute Gasteiger partial charge is 0.357 e. The zero-order chi connectivity index (χ0) is 17.3. The van der Waals surface area contributed by atoms with E-state index in [1.54, 1.807) is 41.9 Å². The number of benzene rings is 2. The molecule has 24 heavy (non-hydrogen) atoms. The highest BCUT2D eigenvalue weighted by molar-refractivity contribution is 6.38. The molecule has 0 spiro atoms. The van der Waals surface area contributed by atoms with Gasteiger partial charge in [0.1, 0.15) is 5.69 Å². The van der Waals surface area contributed by atoms with E-state index < -0.39 is 18.0 Å². The predicted octanol–water partition coefficient (Wildman–Crippen LogP) is 3.22. The molecule has 0 saturated heterocycles. The second-order valence-electron chi connectivity index (χ2n) is 5.34. The number of carbonyl (C=O) groups is 2. The molecule has 1 aromatic heterocycles. The molecule has 3 rings (SSSR count). The maximum atomic E-state index is 12.6. The van der Waals surface area contributed by atoms with Crippen LogP contribution < -0.4 is 5.73 Å². The van der Waals surface area contributed by atoms with Crippen molar-refractivity contribution in [2.45, 2.75) is 6.10 Å². The van der Waals surface area contributed by atoms with Gasteiger partial charge in [-0.2, -0.15) is 0 Å². The summed E-state index contributed by atoms with van der Waals surface area (Å²) in [6.45, 7) is 0. The molecular weight excluding hydrogens is 328 g/mol. The van der Waals surface area contributed by atoms with Crippen LogP contribution in [0.2, 0.25) is 5.02 Å². The number of rotatable bonds is 4. The predicted molar refractivity (Wildman–Crippen MR) is 91.7 cm³/mol. The van der Waals surface area contributed by atoms with Crippen LogP contribution in [-0.4, -0.2) is 16.4 Å². The SMILES string of the molecule is Cn1c(C(=O)O[C@H](C(N)=O)c2ccccc2)c(Cl)c2ccccc21. The lowest BCUT2D eigenvalue weighted by Gasteiger charge is -2.15. The Morgan fingerprint density at radius 2 is 1.71 bits per heavy atom. The van der Waals surface area contributed by atoms with Crippen LogP contribution in [0.15, 0.2) is 54.6 Å². The second-order valence-corrected chi connectivity index (χ2v) is 5.72. The minimum atomic E-state index is -1.17. The van der Waals surface area contributed by atoms with Crippen molar-refractivity contribution in [1.82, 2.24) is 4.57 Å². The molecular formula is C18H15ClN2O3. The number of fused-ring (bicyclic) bond motifs is 1. The number of para-hydroxylation sites is 1. The number of aryl methyl sites for hydroxylation is 1. The number of nitrogens with zero attached hydrogens (tertiary/aromatic N) is 1. The zero-order valence-electron chi connectivity index (χ0n) is 12.9. The third-order valence-electron chi connectivity index (χ3n) is 3.82. The topological polar surface area (TPSA) is 74.3 Å². The van der Waals surface area contributed by atoms with Crippen molar-refractivity contribution in [3.8, 4) is 0 Å². The van der Waals surface area contributed by atoms with Crippen LogP contribution in [0.25, 0.3) is 10.9 Å². The summed E-state index contributed by atoms with van der Waals surface area (Å²) in [6, 6.07) is 16.0. The molecule has 0 aliphatic rings. The number of nitrogens with two attached hydrogens (primary N) is 1. The third-order valence-corrected chi connectivity index (χ3v) is 4.21. The first kappa shape index (κ1) is 16.1. The number of hydrogen-bond acceptors (Lipinski definition) is 3. The number of esters is 1. The van der Waals surface area contributed by atoms with Crippen LogP contribution in [0.1, 0.15) is 22.2 Å². The number of hydrogen-bond donors (Lipinski definition) is 1. The van der Waals surface area contributed by atoms with Gasteiger partial charge >= 0.3 is 5.97 Å². The summed E-state index contributed by atoms with van der Waals surface area (Å²) in [7, 11) is 1.71. The van der Waals surface area contributed by atoms with Crippen LogP contribution in [0.5, 0.6) is 0 Å². The van der Waals surface area contributed by atoms with Crippen molar-refractivity contribution >= 4 is 34.4 Å². The molecule has 5 nitrogen and oxygen atoms in total. The summed E-state index contributed by atoms with van der Waals surface area (Å²) in [5.41, 5.74) is 6.87. The van der Waals surface area contributed by atoms with Crippen LogP contribution in [0.4, 0.5) is 0 Å². The Labute approximate surface area is 143 Å². The van der Waals surface area contributed by atoms with Gasteiger partial charge in [0.25, 0.3) is 5.91 Å². The molecule has 2 N–H and O–H groups in total. The zero-order valence-corrected chi connectivity index (χ0v) is 13.7. The Bertz CT molecular complexity index is 880. The fourth-order valence-corrected chi connectivity index (χ4v) is 3.02. The minimum Gasteiger partial charge on any atom is -0.443 e. The van der Waals surface area contributed by atoms with Crippen molar-refractivity contribution < 1.29 is 14.3 Å². The molecule has 1 heterocycles. The van der Waals surface area contributed by atoms with Gasteiger partial charge in [-0.05, 0) is 6.07 Å². The fourth-order valence-electron chi connectivity index (χ4n) is 2.65. The van der Waals surface area contributed by atoms with Gasteiger partial charge in [-0.25, -0.2) is 4.79 Å². The largest absolute Gasteiger partial charge is 0.443 e. The summed E-state index contributed by atoms with van der Waals surface area (Å²) >= 11 is 6.33. The van der Waals surface area contributed by atoms with E-state index in [1.165, 1.54) is 0 Å². The Balaban J connectivity index is 1.99. The normalized spacial score (nSPS) is 12.1. The number of amides is 1. The van der Waals surface area contributed by atoms with Gasteiger partial charge in [0.15, 0.2) is 0 Å². The standard InChI is InChI=1S/C18H15ClN2O3/c1-21-13-10-6-5-9-12(13)14(19)15(21)18(23)24-16(17(20)22)11-7-3-2-4-8-11/h2-10,16H,1H3,(H2,20,22)/t16-/m0/s1. The minimum absolute atomic E-state index is 0.181. The van der Waals surface area contributed by atoms with E-state index in [2.05, 4.69) is 0 Å². The Morgan fingerprint density at radius 1 is 1.08 bits per heavy atom. The summed E-state index contributed by atoms with van der Waals surface area (Å²) in [6.07, 6.45) is -1.17. The van der Waals surface area contributed by atoms with Crippen molar-refractivity contribution in [3.05, 3.63) is 70.9 Å². The van der Waals surface area contributed by atoms with Gasteiger partial charge in [-0.3, -0.25) is 4.79 Å². The van der Waals surface area contributed by atoms with E-state index in [-0.39, 0.29) is 10.7 Å². The number of halogens is 1. The van der Waals surface area contributed by atoms with Gasteiger partial charge in [-0.15, -0.1) is 0 Å². The molecule has 0 aliphatic carbocycles. The van der Waals surface area contributed by atoms with Gasteiger partial charge < -0.3 is 15.0 Å². The monoisotopic (exact) mass is 342 g/mol. The Kier molecular flexibility index (Phi) is 4.27. The van der Waals surface area contributed by atoms with Crippen molar-refractivity contribution in [3.63, 3.8) is 0 Å². The molecule has 0 fully saturated rings. The third kappa shape index (κ3) is 2.74. The molecule has 0 unspecified atom stereocenters. The molecule has 6 heteroatoms. The first-order valence-electron chi connectivity index (χ1n) is 7.29. The first-order chi connectivity index (χ1) is 11.5. The average molecular weight is 343 g/mol. The van der Waals surface area contributed by atoms with E-state index >= 15 is 0 Å². The van der Waals surface area contributed by atoms with Gasteiger partial charge in [0.2, 0.25) is 6.10 Å². The summed E-state index contributed by atoms with van der Waals surface area (Å²) < 4.78 is 7.00. The summed E-state index contributed by atoms with van der Waals surface area (Å²) in [5, 5.41) is 1.03. The van der Waals surface area contributed by atoms with E-state index in [9.17, 15) is 9.59 Å². The van der Waals surface area contributed by atoms with E-state index in [1.807, 2.05) is 24.3 Å². The van der Waals surface area contributed by atoms with Gasteiger partial charge in [0, 0.05) is 23.5 Å². The van der Waals surface area contributed by atoms with Crippen LogP contribution in [0.3, 0.4) is 0 Å². The second kappa shape index (κ2) is 6.37. The molecule has 1 amide bonds. The van der Waals surface area contributed by atoms with Gasteiger partial charge in [0.05, 0.1) is 5.02 Å². The molecule has 0 bridgehead atoms. The lowest BCUT2D eigenvalue weighted by Crippen LogP contribution is -2.27. The lowest BCUT2D eigenvalue weighted by molar-refractivity contribution is -0.127. The molecule has 122 valence electrons.